The molecule has 0 aromatic heterocycles. The van der Waals surface area contributed by atoms with Gasteiger partial charge in [0.2, 0.25) is 5.91 Å². The minimum atomic E-state index is -0.646. The molecule has 0 unspecified atom stereocenters. The predicted octanol–water partition coefficient (Wildman–Crippen LogP) is 2.33. The summed E-state index contributed by atoms with van der Waals surface area (Å²) in [5.74, 6) is -0.209. The molecule has 162 valence electrons. The van der Waals surface area contributed by atoms with Gasteiger partial charge in [0.1, 0.15) is 18.7 Å². The molecule has 2 aromatic rings. The lowest BCUT2D eigenvalue weighted by Crippen LogP contribution is -3.07. The molecule has 3 N–H and O–H groups in total. The quantitative estimate of drug-likeness (QED) is 0.561. The van der Waals surface area contributed by atoms with Crippen molar-refractivity contribution in [3.8, 4) is 0 Å². The number of likely N-dealkylation sites (N-methyl/N-ethyl adjacent to an activating group) is 1. The molecule has 6 heteroatoms. The molecule has 0 aliphatic heterocycles. The van der Waals surface area contributed by atoms with Crippen molar-refractivity contribution in [2.45, 2.75) is 39.0 Å². The van der Waals surface area contributed by atoms with Crippen LogP contribution in [0.2, 0.25) is 0 Å². The Balaban J connectivity index is 1.96. The number of quaternary nitrogens is 1. The molecule has 0 saturated carbocycles. The number of alkyl carbamates (subject to hydrolysis) is 1. The van der Waals surface area contributed by atoms with E-state index in [-0.39, 0.29) is 24.5 Å². The van der Waals surface area contributed by atoms with Gasteiger partial charge in [0, 0.05) is 5.56 Å². The van der Waals surface area contributed by atoms with Crippen LogP contribution in [0.1, 0.15) is 37.4 Å². The molecule has 0 spiro atoms. The third-order valence-electron chi connectivity index (χ3n) is 5.36. The Bertz CT molecular complexity index is 781. The Morgan fingerprint density at radius 1 is 1.00 bits per heavy atom. The van der Waals surface area contributed by atoms with Gasteiger partial charge in [-0.25, -0.2) is 4.79 Å². The van der Waals surface area contributed by atoms with Crippen molar-refractivity contribution in [3.05, 3.63) is 71.8 Å². The molecule has 3 atom stereocenters. The van der Waals surface area contributed by atoms with E-state index in [9.17, 15) is 9.59 Å². The van der Waals surface area contributed by atoms with Gasteiger partial charge in [0.05, 0.1) is 20.6 Å². The normalized spacial score (nSPS) is 13.9. The van der Waals surface area contributed by atoms with E-state index >= 15 is 0 Å². The second kappa shape index (κ2) is 12.0. The fourth-order valence-corrected chi connectivity index (χ4v) is 3.25. The van der Waals surface area contributed by atoms with Crippen LogP contribution in [0.4, 0.5) is 4.79 Å². The summed E-state index contributed by atoms with van der Waals surface area (Å²) in [5.41, 5.74) is 2.06. The number of benzene rings is 2. The Labute approximate surface area is 179 Å². The molecule has 2 rings (SSSR count). The van der Waals surface area contributed by atoms with E-state index in [2.05, 4.69) is 36.9 Å². The molecule has 0 heterocycles. The van der Waals surface area contributed by atoms with E-state index in [0.717, 1.165) is 17.5 Å². The van der Waals surface area contributed by atoms with Crippen LogP contribution in [0.3, 0.4) is 0 Å². The maximum Gasteiger partial charge on any atom is 0.408 e. The third-order valence-corrected chi connectivity index (χ3v) is 5.36. The Hall–Kier alpha value is -2.86. The highest BCUT2D eigenvalue weighted by Crippen LogP contribution is 2.11. The van der Waals surface area contributed by atoms with Crippen LogP contribution in [-0.4, -0.2) is 38.7 Å². The fourth-order valence-electron chi connectivity index (χ4n) is 3.25. The average molecular weight is 413 g/mol. The highest BCUT2D eigenvalue weighted by atomic mass is 16.5. The van der Waals surface area contributed by atoms with Crippen molar-refractivity contribution < 1.29 is 19.2 Å². The van der Waals surface area contributed by atoms with Crippen molar-refractivity contribution in [2.24, 2.45) is 5.92 Å². The van der Waals surface area contributed by atoms with Crippen LogP contribution in [0.5, 0.6) is 0 Å². The summed E-state index contributed by atoms with van der Waals surface area (Å²) in [6.07, 6.45) is 0.176. The fraction of sp³-hybridized carbons (Fsp3) is 0.417. The van der Waals surface area contributed by atoms with Crippen LogP contribution >= 0.6 is 0 Å². The summed E-state index contributed by atoms with van der Waals surface area (Å²) in [6.45, 7) is 4.60. The zero-order valence-corrected chi connectivity index (χ0v) is 18.4. The van der Waals surface area contributed by atoms with Crippen molar-refractivity contribution in [3.63, 3.8) is 0 Å². The van der Waals surface area contributed by atoms with Gasteiger partial charge in [-0.1, -0.05) is 80.9 Å². The van der Waals surface area contributed by atoms with Crippen LogP contribution < -0.4 is 15.5 Å². The highest BCUT2D eigenvalue weighted by Gasteiger charge is 2.28. The first-order valence-electron chi connectivity index (χ1n) is 10.5. The molecule has 2 aromatic carbocycles. The summed E-state index contributed by atoms with van der Waals surface area (Å²) in [5, 5.41) is 5.78. The molecule has 0 aliphatic rings. The molecule has 0 fully saturated rings. The third kappa shape index (κ3) is 7.19. The predicted molar refractivity (Wildman–Crippen MR) is 118 cm³/mol. The Morgan fingerprint density at radius 2 is 1.60 bits per heavy atom. The van der Waals surface area contributed by atoms with E-state index in [1.807, 2.05) is 62.4 Å². The van der Waals surface area contributed by atoms with E-state index in [4.69, 9.17) is 4.74 Å². The number of rotatable bonds is 10. The van der Waals surface area contributed by atoms with Gasteiger partial charge in [-0.3, -0.25) is 4.79 Å². The van der Waals surface area contributed by atoms with Gasteiger partial charge in [0.15, 0.2) is 0 Å². The van der Waals surface area contributed by atoms with Crippen LogP contribution in [0.15, 0.2) is 60.7 Å². The lowest BCUT2D eigenvalue weighted by Gasteiger charge is -2.26. The summed E-state index contributed by atoms with van der Waals surface area (Å²) in [4.78, 5) is 26.4. The number of amides is 2. The number of hydrogen-bond acceptors (Lipinski definition) is 3. The lowest BCUT2D eigenvalue weighted by molar-refractivity contribution is -0.890. The second-order valence-corrected chi connectivity index (χ2v) is 7.86. The zero-order valence-electron chi connectivity index (χ0n) is 18.4. The van der Waals surface area contributed by atoms with Gasteiger partial charge >= 0.3 is 6.09 Å². The summed E-state index contributed by atoms with van der Waals surface area (Å²) < 4.78 is 5.30. The number of ether oxygens (including phenoxy) is 1. The van der Waals surface area contributed by atoms with Gasteiger partial charge in [0.25, 0.3) is 0 Å². The standard InChI is InChI=1S/C24H33N3O3/c1-5-18(2)22(26-24(29)30-17-19-12-8-6-9-13-19)23(28)25-16-21(27(3)4)20-14-10-7-11-15-20/h6-15,18,21-22H,5,16-17H2,1-4H3,(H,25,28)(H,26,29)/p+1/t18-,21-,22+/m1/s1. The number of hydrogen-bond donors (Lipinski definition) is 3. The number of nitrogens with one attached hydrogen (secondary N) is 3. The number of carbonyl (C=O) groups excluding carboxylic acids is 2. The Kier molecular flexibility index (Phi) is 9.35. The molecule has 6 nitrogen and oxygen atoms in total. The lowest BCUT2D eigenvalue weighted by atomic mass is 9.98. The van der Waals surface area contributed by atoms with E-state index in [0.29, 0.717) is 6.54 Å². The summed E-state index contributed by atoms with van der Waals surface area (Å²) >= 11 is 0. The smallest absolute Gasteiger partial charge is 0.408 e. The van der Waals surface area contributed by atoms with E-state index in [1.54, 1.807) is 0 Å². The maximum atomic E-state index is 12.9. The molecule has 30 heavy (non-hydrogen) atoms. The van der Waals surface area contributed by atoms with Gasteiger partial charge in [-0.15, -0.1) is 0 Å². The monoisotopic (exact) mass is 412 g/mol. The van der Waals surface area contributed by atoms with Gasteiger partial charge < -0.3 is 20.3 Å². The van der Waals surface area contributed by atoms with Gasteiger partial charge in [-0.2, -0.15) is 0 Å². The molecular weight excluding hydrogens is 378 g/mol. The average Bonchev–Trinajstić information content (AvgIpc) is 2.76. The molecular formula is C24H34N3O3+. The summed E-state index contributed by atoms with van der Waals surface area (Å²) in [6, 6.07) is 19.1. The Morgan fingerprint density at radius 3 is 2.17 bits per heavy atom. The highest BCUT2D eigenvalue weighted by molar-refractivity contribution is 5.85. The molecule has 0 saturated heterocycles. The number of carbonyl (C=O) groups is 2. The molecule has 0 radical (unpaired) electrons. The molecule has 0 bridgehead atoms. The van der Waals surface area contributed by atoms with Crippen molar-refractivity contribution in [1.29, 1.82) is 0 Å². The van der Waals surface area contributed by atoms with Crippen LogP contribution in [0, 0.1) is 5.92 Å². The zero-order chi connectivity index (χ0) is 21.9. The van der Waals surface area contributed by atoms with Crippen LogP contribution in [0.25, 0.3) is 0 Å². The molecule has 0 aliphatic carbocycles. The van der Waals surface area contributed by atoms with Crippen molar-refractivity contribution >= 4 is 12.0 Å². The largest absolute Gasteiger partial charge is 0.445 e. The SMILES string of the molecule is CC[C@@H](C)[C@H](NC(=O)OCc1ccccc1)C(=O)NC[C@H](c1ccccc1)[NH+](C)C. The first-order valence-corrected chi connectivity index (χ1v) is 10.5. The van der Waals surface area contributed by atoms with E-state index < -0.39 is 12.1 Å². The minimum absolute atomic E-state index is 0.0175. The van der Waals surface area contributed by atoms with Crippen molar-refractivity contribution in [2.75, 3.05) is 20.6 Å². The topological polar surface area (TPSA) is 71.9 Å². The minimum Gasteiger partial charge on any atom is -0.445 e. The van der Waals surface area contributed by atoms with Crippen molar-refractivity contribution in [1.82, 2.24) is 10.6 Å². The maximum absolute atomic E-state index is 12.9. The molecule has 2 amide bonds. The first-order chi connectivity index (χ1) is 14.4. The first kappa shape index (κ1) is 23.4. The van der Waals surface area contributed by atoms with E-state index in [1.165, 1.54) is 4.90 Å². The summed E-state index contributed by atoms with van der Waals surface area (Å²) in [7, 11) is 4.13. The second-order valence-electron chi connectivity index (χ2n) is 7.86. The van der Waals surface area contributed by atoms with Crippen LogP contribution in [-0.2, 0) is 16.1 Å². The van der Waals surface area contributed by atoms with Gasteiger partial charge in [-0.05, 0) is 11.5 Å².